The van der Waals surface area contributed by atoms with E-state index in [1.54, 1.807) is 6.21 Å². The molecule has 1 aromatic rings. The number of aryl methyl sites for hydroxylation is 1. The number of nitrogens with one attached hydrogen (secondary N) is 1. The summed E-state index contributed by atoms with van der Waals surface area (Å²) in [5.74, 6) is 0.0287. The molecule has 0 unspecified atom stereocenters. The molecule has 0 fully saturated rings. The first kappa shape index (κ1) is 16.2. The Hall–Kier alpha value is -1.84. The minimum absolute atomic E-state index is 0.0287. The van der Waals surface area contributed by atoms with Crippen LogP contribution < -0.4 is 16.6 Å². The van der Waals surface area contributed by atoms with E-state index in [1.807, 2.05) is 0 Å². The van der Waals surface area contributed by atoms with Crippen molar-refractivity contribution in [3.05, 3.63) is 35.4 Å². The molecule has 0 aliphatic heterocycles. The van der Waals surface area contributed by atoms with E-state index in [2.05, 4.69) is 41.4 Å². The first-order valence-corrected chi connectivity index (χ1v) is 7.48. The van der Waals surface area contributed by atoms with Crippen molar-refractivity contribution >= 4 is 12.2 Å². The summed E-state index contributed by atoms with van der Waals surface area (Å²) in [6, 6.07) is 8.47. The van der Waals surface area contributed by atoms with E-state index in [1.165, 1.54) is 44.1 Å². The molecule has 0 aromatic heterocycles. The van der Waals surface area contributed by atoms with Gasteiger partial charge in [-0.25, -0.2) is 0 Å². The zero-order valence-corrected chi connectivity index (χ0v) is 12.4. The lowest BCUT2D eigenvalue weighted by Crippen LogP contribution is -2.63. The highest BCUT2D eigenvalue weighted by Crippen LogP contribution is 2.10. The fraction of sp³-hybridized carbons (Fsp3) is 0.500. The molecule has 0 spiro atoms. The summed E-state index contributed by atoms with van der Waals surface area (Å²) in [5.41, 5.74) is 12.9. The highest BCUT2D eigenvalue weighted by Gasteiger charge is 1.96. The predicted molar refractivity (Wildman–Crippen MR) is 85.5 cm³/mol. The second-order valence-electron chi connectivity index (χ2n) is 5.07. The van der Waals surface area contributed by atoms with Gasteiger partial charge < -0.3 is 11.5 Å². The molecule has 110 valence electrons. The van der Waals surface area contributed by atoms with Gasteiger partial charge in [-0.05, 0) is 30.5 Å². The van der Waals surface area contributed by atoms with Crippen LogP contribution in [0.1, 0.15) is 56.6 Å². The molecule has 0 heterocycles. The van der Waals surface area contributed by atoms with Gasteiger partial charge in [-0.2, -0.15) is 0 Å². The minimum Gasteiger partial charge on any atom is -0.365 e. The number of hydrogen-bond donors (Lipinski definition) is 3. The van der Waals surface area contributed by atoms with Crippen LogP contribution in [-0.2, 0) is 6.42 Å². The van der Waals surface area contributed by atoms with E-state index in [9.17, 15) is 0 Å². The molecule has 4 nitrogen and oxygen atoms in total. The van der Waals surface area contributed by atoms with Crippen molar-refractivity contribution in [1.29, 1.82) is 0 Å². The number of benzene rings is 1. The van der Waals surface area contributed by atoms with Gasteiger partial charge in [0.2, 0.25) is 6.21 Å². The van der Waals surface area contributed by atoms with Gasteiger partial charge in [0.05, 0.1) is 0 Å². The maximum Gasteiger partial charge on any atom is 0.256 e. The average molecular weight is 275 g/mol. The second-order valence-corrected chi connectivity index (χ2v) is 5.07. The van der Waals surface area contributed by atoms with Crippen LogP contribution in [-0.4, -0.2) is 12.2 Å². The lowest BCUT2D eigenvalue weighted by Gasteiger charge is -2.02. The van der Waals surface area contributed by atoms with Crippen molar-refractivity contribution in [3.8, 4) is 0 Å². The van der Waals surface area contributed by atoms with Gasteiger partial charge in [0.15, 0.2) is 0 Å². The normalized spacial score (nSPS) is 10.8. The van der Waals surface area contributed by atoms with Gasteiger partial charge in [0, 0.05) is 10.7 Å². The van der Waals surface area contributed by atoms with Crippen molar-refractivity contribution in [2.24, 2.45) is 16.6 Å². The zero-order valence-electron chi connectivity index (χ0n) is 12.4. The van der Waals surface area contributed by atoms with Gasteiger partial charge in [0.1, 0.15) is 0 Å². The van der Waals surface area contributed by atoms with E-state index in [0.29, 0.717) is 0 Å². The van der Waals surface area contributed by atoms with Gasteiger partial charge in [0.25, 0.3) is 5.96 Å². The number of unbranched alkanes of at least 4 members (excludes halogenated alkanes) is 5. The highest BCUT2D eigenvalue weighted by atomic mass is 15.3. The van der Waals surface area contributed by atoms with Crippen molar-refractivity contribution in [2.75, 3.05) is 0 Å². The minimum atomic E-state index is 0.0287. The smallest absolute Gasteiger partial charge is 0.256 e. The number of rotatable bonds is 9. The van der Waals surface area contributed by atoms with Crippen LogP contribution in [0.25, 0.3) is 0 Å². The maximum atomic E-state index is 5.22. The number of nitrogens with zero attached hydrogens (tertiary/aromatic N) is 1. The Bertz CT molecular complexity index is 417. The van der Waals surface area contributed by atoms with E-state index in [4.69, 9.17) is 11.5 Å². The molecule has 1 aromatic carbocycles. The largest absolute Gasteiger partial charge is 0.365 e. The molecule has 0 atom stereocenters. The van der Waals surface area contributed by atoms with Crippen LogP contribution in [0, 0.1) is 0 Å². The molecule has 0 bridgehead atoms. The number of hydrogen-bond acceptors (Lipinski definition) is 1. The summed E-state index contributed by atoms with van der Waals surface area (Å²) in [6.45, 7) is 2.25. The lowest BCUT2D eigenvalue weighted by atomic mass is 10.0. The van der Waals surface area contributed by atoms with E-state index >= 15 is 0 Å². The molecule has 0 saturated heterocycles. The number of hydrazone groups is 1. The first-order chi connectivity index (χ1) is 9.72. The van der Waals surface area contributed by atoms with Crippen molar-refractivity contribution in [2.45, 2.75) is 51.9 Å². The fourth-order valence-corrected chi connectivity index (χ4v) is 2.07. The molecule has 0 aliphatic rings. The quantitative estimate of drug-likeness (QED) is 0.275. The highest BCUT2D eigenvalue weighted by molar-refractivity contribution is 5.76. The number of guanidine groups is 1. The molecule has 1 rings (SSSR count). The lowest BCUT2D eigenvalue weighted by molar-refractivity contribution is -0.456. The van der Waals surface area contributed by atoms with Gasteiger partial charge >= 0.3 is 0 Å². The summed E-state index contributed by atoms with van der Waals surface area (Å²) in [5, 5.41) is 6.40. The third-order valence-electron chi connectivity index (χ3n) is 3.22. The Labute approximate surface area is 122 Å². The Morgan fingerprint density at radius 1 is 1.05 bits per heavy atom. The van der Waals surface area contributed by atoms with E-state index in [-0.39, 0.29) is 5.96 Å². The molecule has 0 saturated carbocycles. The van der Waals surface area contributed by atoms with Gasteiger partial charge in [-0.15, -0.1) is 5.10 Å². The van der Waals surface area contributed by atoms with Gasteiger partial charge in [-0.1, -0.05) is 51.2 Å². The van der Waals surface area contributed by atoms with Crippen LogP contribution in [0.4, 0.5) is 0 Å². The Kier molecular flexibility index (Phi) is 8.11. The van der Waals surface area contributed by atoms with Crippen LogP contribution in [0.15, 0.2) is 29.4 Å². The monoisotopic (exact) mass is 275 g/mol. The summed E-state index contributed by atoms with van der Waals surface area (Å²) >= 11 is 0. The van der Waals surface area contributed by atoms with E-state index < -0.39 is 0 Å². The SMILES string of the molecule is CCCCCCCCc1ccc(C=[NH+]N=C(N)N)cc1. The van der Waals surface area contributed by atoms with Gasteiger partial charge in [-0.3, -0.25) is 0 Å². The fourth-order valence-electron chi connectivity index (χ4n) is 2.07. The van der Waals surface area contributed by atoms with Crippen molar-refractivity contribution in [1.82, 2.24) is 0 Å². The molecule has 4 heteroatoms. The molecule has 0 radical (unpaired) electrons. The molecule has 20 heavy (non-hydrogen) atoms. The summed E-state index contributed by atoms with van der Waals surface area (Å²) in [6.07, 6.45) is 11.0. The molecule has 5 N–H and O–H groups in total. The van der Waals surface area contributed by atoms with Crippen LogP contribution in [0.2, 0.25) is 0 Å². The Morgan fingerprint density at radius 3 is 2.35 bits per heavy atom. The third-order valence-corrected chi connectivity index (χ3v) is 3.22. The summed E-state index contributed by atoms with van der Waals surface area (Å²) in [7, 11) is 0. The van der Waals surface area contributed by atoms with Crippen LogP contribution in [0.5, 0.6) is 0 Å². The zero-order chi connectivity index (χ0) is 14.6. The summed E-state index contributed by atoms with van der Waals surface area (Å²) in [4.78, 5) is 0. The van der Waals surface area contributed by atoms with Crippen LogP contribution >= 0.6 is 0 Å². The van der Waals surface area contributed by atoms with Crippen molar-refractivity contribution < 1.29 is 5.10 Å². The summed E-state index contributed by atoms with van der Waals surface area (Å²) < 4.78 is 0. The maximum absolute atomic E-state index is 5.22. The average Bonchev–Trinajstić information content (AvgIpc) is 2.44. The standard InChI is InChI=1S/C16H26N4/c1-2-3-4-5-6-7-8-14-9-11-15(12-10-14)13-19-20-16(17)18/h9-13H,2-8H2,1H3,(H4,17,18,20)/p+1. The second kappa shape index (κ2) is 10.0. The van der Waals surface area contributed by atoms with Crippen molar-refractivity contribution in [3.63, 3.8) is 0 Å². The van der Waals surface area contributed by atoms with Crippen LogP contribution in [0.3, 0.4) is 0 Å². The predicted octanol–water partition coefficient (Wildman–Crippen LogP) is 1.28. The first-order valence-electron chi connectivity index (χ1n) is 7.48. The number of nitrogens with two attached hydrogens (primary N) is 2. The Morgan fingerprint density at radius 2 is 1.70 bits per heavy atom. The Balaban J connectivity index is 2.28. The molecule has 0 amide bonds. The third kappa shape index (κ3) is 7.56. The molecular weight excluding hydrogens is 248 g/mol. The molecule has 0 aliphatic carbocycles. The topological polar surface area (TPSA) is 78.4 Å². The molecular formula is C16H27N4+. The van der Waals surface area contributed by atoms with E-state index in [0.717, 1.165) is 12.0 Å².